The molecular formula is C18H19Cl2NO3. The highest BCUT2D eigenvalue weighted by Crippen LogP contribution is 2.26. The molecule has 0 saturated carbocycles. The molecule has 0 spiro atoms. The molecule has 24 heavy (non-hydrogen) atoms. The van der Waals surface area contributed by atoms with E-state index in [2.05, 4.69) is 5.32 Å². The normalized spacial score (nSPS) is 13.2. The molecule has 1 unspecified atom stereocenters. The molecule has 0 saturated heterocycles. The van der Waals surface area contributed by atoms with Crippen molar-refractivity contribution in [3.8, 4) is 5.75 Å². The summed E-state index contributed by atoms with van der Waals surface area (Å²) in [6.07, 6.45) is 0. The summed E-state index contributed by atoms with van der Waals surface area (Å²) in [7, 11) is 1.59. The molecule has 0 heterocycles. The number of ether oxygens (including phenoxy) is 2. The molecule has 2 rings (SSSR count). The molecule has 2 aromatic carbocycles. The quantitative estimate of drug-likeness (QED) is 0.802. The molecule has 0 radical (unpaired) electrons. The standard InChI is InChI=1S/C18H19Cl2NO3/c1-18(23-2,13-4-3-5-15(20)10-13)12-21-17(22)11-24-16-8-6-14(19)7-9-16/h3-10H,11-12H2,1-2H3,(H,21,22). The van der Waals surface area contributed by atoms with Crippen LogP contribution < -0.4 is 10.1 Å². The fraction of sp³-hybridized carbons (Fsp3) is 0.278. The van der Waals surface area contributed by atoms with Gasteiger partial charge in [0.15, 0.2) is 6.61 Å². The van der Waals surface area contributed by atoms with Crippen molar-refractivity contribution in [2.45, 2.75) is 12.5 Å². The van der Waals surface area contributed by atoms with E-state index >= 15 is 0 Å². The third-order valence-electron chi connectivity index (χ3n) is 3.69. The molecule has 4 nitrogen and oxygen atoms in total. The van der Waals surface area contributed by atoms with Crippen molar-refractivity contribution in [3.05, 3.63) is 64.1 Å². The Kier molecular flexibility index (Phi) is 6.49. The van der Waals surface area contributed by atoms with E-state index < -0.39 is 5.60 Å². The molecule has 6 heteroatoms. The summed E-state index contributed by atoms with van der Waals surface area (Å²) in [5.41, 5.74) is 0.206. The molecule has 0 aromatic heterocycles. The maximum atomic E-state index is 12.0. The Morgan fingerprint density at radius 1 is 1.12 bits per heavy atom. The van der Waals surface area contributed by atoms with Crippen LogP contribution in [0.1, 0.15) is 12.5 Å². The van der Waals surface area contributed by atoms with E-state index in [9.17, 15) is 4.79 Å². The van der Waals surface area contributed by atoms with E-state index in [1.165, 1.54) is 0 Å². The first kappa shape index (κ1) is 18.6. The predicted molar refractivity (Wildman–Crippen MR) is 95.8 cm³/mol. The maximum Gasteiger partial charge on any atom is 0.258 e. The fourth-order valence-electron chi connectivity index (χ4n) is 2.11. The minimum Gasteiger partial charge on any atom is -0.484 e. The third kappa shape index (κ3) is 5.13. The molecule has 0 bridgehead atoms. The summed E-state index contributed by atoms with van der Waals surface area (Å²) >= 11 is 11.8. The van der Waals surface area contributed by atoms with Crippen LogP contribution >= 0.6 is 23.2 Å². The van der Waals surface area contributed by atoms with Crippen molar-refractivity contribution in [1.29, 1.82) is 0 Å². The highest BCUT2D eigenvalue weighted by atomic mass is 35.5. The number of carbonyl (C=O) groups excluding carboxylic acids is 1. The molecule has 0 aliphatic rings. The van der Waals surface area contributed by atoms with Gasteiger partial charge in [0.1, 0.15) is 11.4 Å². The van der Waals surface area contributed by atoms with Gasteiger partial charge in [0, 0.05) is 17.2 Å². The Labute approximate surface area is 151 Å². The Balaban J connectivity index is 1.90. The average molecular weight is 368 g/mol. The first-order valence-electron chi connectivity index (χ1n) is 7.39. The van der Waals surface area contributed by atoms with Crippen molar-refractivity contribution in [3.63, 3.8) is 0 Å². The molecule has 1 N–H and O–H groups in total. The highest BCUT2D eigenvalue weighted by Gasteiger charge is 2.27. The van der Waals surface area contributed by atoms with Crippen LogP contribution in [0.4, 0.5) is 0 Å². The SMILES string of the molecule is COC(C)(CNC(=O)COc1ccc(Cl)cc1)c1cccc(Cl)c1. The lowest BCUT2D eigenvalue weighted by Gasteiger charge is -2.29. The van der Waals surface area contributed by atoms with Gasteiger partial charge in [-0.15, -0.1) is 0 Å². The summed E-state index contributed by atoms with van der Waals surface area (Å²) in [5.74, 6) is 0.342. The highest BCUT2D eigenvalue weighted by molar-refractivity contribution is 6.30. The van der Waals surface area contributed by atoms with E-state index in [1.807, 2.05) is 25.1 Å². The molecular weight excluding hydrogens is 349 g/mol. The van der Waals surface area contributed by atoms with Gasteiger partial charge in [0.25, 0.3) is 5.91 Å². The first-order valence-corrected chi connectivity index (χ1v) is 8.15. The van der Waals surface area contributed by atoms with Gasteiger partial charge in [-0.2, -0.15) is 0 Å². The Morgan fingerprint density at radius 3 is 2.46 bits per heavy atom. The average Bonchev–Trinajstić information content (AvgIpc) is 2.59. The second-order valence-electron chi connectivity index (χ2n) is 5.46. The second kappa shape index (κ2) is 8.38. The summed E-state index contributed by atoms with van der Waals surface area (Å²) in [5, 5.41) is 4.05. The zero-order valence-electron chi connectivity index (χ0n) is 13.5. The van der Waals surface area contributed by atoms with Crippen LogP contribution in [-0.2, 0) is 15.1 Å². The third-order valence-corrected chi connectivity index (χ3v) is 4.18. The second-order valence-corrected chi connectivity index (χ2v) is 6.34. The summed E-state index contributed by atoms with van der Waals surface area (Å²) in [6, 6.07) is 14.2. The molecule has 2 aromatic rings. The zero-order valence-corrected chi connectivity index (χ0v) is 15.0. The number of rotatable bonds is 7. The van der Waals surface area contributed by atoms with Crippen molar-refractivity contribution in [1.82, 2.24) is 5.32 Å². The van der Waals surface area contributed by atoms with Crippen LogP contribution in [0.5, 0.6) is 5.75 Å². The number of amides is 1. The van der Waals surface area contributed by atoms with Crippen molar-refractivity contribution in [2.24, 2.45) is 0 Å². The maximum absolute atomic E-state index is 12.0. The van der Waals surface area contributed by atoms with E-state index in [0.29, 0.717) is 22.3 Å². The topological polar surface area (TPSA) is 47.6 Å². The smallest absolute Gasteiger partial charge is 0.258 e. The molecule has 0 aliphatic heterocycles. The van der Waals surface area contributed by atoms with Gasteiger partial charge in [-0.1, -0.05) is 35.3 Å². The molecule has 128 valence electrons. The van der Waals surface area contributed by atoms with Crippen LogP contribution in [0.25, 0.3) is 0 Å². The lowest BCUT2D eigenvalue weighted by molar-refractivity contribution is -0.124. The predicted octanol–water partition coefficient (Wildman–Crippen LogP) is 4.05. The number of benzene rings is 2. The number of halogens is 2. The molecule has 0 fully saturated rings. The largest absolute Gasteiger partial charge is 0.484 e. The van der Waals surface area contributed by atoms with Crippen LogP contribution in [0.15, 0.2) is 48.5 Å². The molecule has 1 amide bonds. The Bertz CT molecular complexity index is 691. The number of hydrogen-bond donors (Lipinski definition) is 1. The first-order chi connectivity index (χ1) is 11.4. The Hall–Kier alpha value is -1.75. The van der Waals surface area contributed by atoms with E-state index in [1.54, 1.807) is 37.4 Å². The number of hydrogen-bond acceptors (Lipinski definition) is 3. The number of nitrogens with one attached hydrogen (secondary N) is 1. The number of methoxy groups -OCH3 is 1. The summed E-state index contributed by atoms with van der Waals surface area (Å²) < 4.78 is 11.0. The van der Waals surface area contributed by atoms with E-state index in [4.69, 9.17) is 32.7 Å². The van der Waals surface area contributed by atoms with Crippen molar-refractivity contribution in [2.75, 3.05) is 20.3 Å². The van der Waals surface area contributed by atoms with Gasteiger partial charge < -0.3 is 14.8 Å². The molecule has 1 atom stereocenters. The minimum absolute atomic E-state index is 0.0863. The summed E-state index contributed by atoms with van der Waals surface area (Å²) in [4.78, 5) is 12.0. The minimum atomic E-state index is -0.680. The molecule has 0 aliphatic carbocycles. The Morgan fingerprint density at radius 2 is 1.83 bits per heavy atom. The van der Waals surface area contributed by atoms with Gasteiger partial charge in [0.05, 0.1) is 6.54 Å². The van der Waals surface area contributed by atoms with E-state index in [-0.39, 0.29) is 12.5 Å². The fourth-order valence-corrected chi connectivity index (χ4v) is 2.42. The zero-order chi connectivity index (χ0) is 17.6. The van der Waals surface area contributed by atoms with Crippen molar-refractivity contribution >= 4 is 29.1 Å². The number of carbonyl (C=O) groups is 1. The van der Waals surface area contributed by atoms with Crippen LogP contribution in [0.2, 0.25) is 10.0 Å². The van der Waals surface area contributed by atoms with Gasteiger partial charge >= 0.3 is 0 Å². The van der Waals surface area contributed by atoms with Gasteiger partial charge in [-0.05, 0) is 48.9 Å². The summed E-state index contributed by atoms with van der Waals surface area (Å²) in [6.45, 7) is 2.10. The van der Waals surface area contributed by atoms with Crippen molar-refractivity contribution < 1.29 is 14.3 Å². The van der Waals surface area contributed by atoms with Gasteiger partial charge in [-0.3, -0.25) is 4.79 Å². The van der Waals surface area contributed by atoms with Crippen LogP contribution in [-0.4, -0.2) is 26.2 Å². The monoisotopic (exact) mass is 367 g/mol. The lowest BCUT2D eigenvalue weighted by atomic mass is 9.95. The van der Waals surface area contributed by atoms with E-state index in [0.717, 1.165) is 5.56 Å². The van der Waals surface area contributed by atoms with Crippen LogP contribution in [0.3, 0.4) is 0 Å². The van der Waals surface area contributed by atoms with Gasteiger partial charge in [-0.25, -0.2) is 0 Å². The lowest BCUT2D eigenvalue weighted by Crippen LogP contribution is -2.41. The van der Waals surface area contributed by atoms with Crippen LogP contribution in [0, 0.1) is 0 Å². The van der Waals surface area contributed by atoms with Gasteiger partial charge in [0.2, 0.25) is 0 Å².